The molecule has 0 bridgehead atoms. The molecule has 0 saturated heterocycles. The van der Waals surface area contributed by atoms with Crippen molar-refractivity contribution in [3.8, 4) is 16.9 Å². The summed E-state index contributed by atoms with van der Waals surface area (Å²) in [7, 11) is 0. The van der Waals surface area contributed by atoms with E-state index in [1.54, 1.807) is 0 Å². The van der Waals surface area contributed by atoms with Crippen molar-refractivity contribution in [2.24, 2.45) is 0 Å². The summed E-state index contributed by atoms with van der Waals surface area (Å²) in [4.78, 5) is 0. The van der Waals surface area contributed by atoms with Gasteiger partial charge in [0.15, 0.2) is 0 Å². The number of unbranched alkanes of at least 4 members (excludes halogenated alkanes) is 3. The third-order valence-corrected chi connectivity index (χ3v) is 4.73. The maximum atomic E-state index is 5.59. The van der Waals surface area contributed by atoms with Crippen LogP contribution < -0.4 is 4.74 Å². The van der Waals surface area contributed by atoms with E-state index in [2.05, 4.69) is 67.6 Å². The predicted molar refractivity (Wildman–Crippen MR) is 108 cm³/mol. The fourth-order valence-electron chi connectivity index (χ4n) is 3.28. The number of ether oxygens (including phenoxy) is 1. The molecule has 0 aliphatic rings. The number of aryl methyl sites for hydroxylation is 1. The Morgan fingerprint density at radius 3 is 2.16 bits per heavy atom. The Kier molecular flexibility index (Phi) is 6.11. The summed E-state index contributed by atoms with van der Waals surface area (Å²) in [6, 6.07) is 22.0. The van der Waals surface area contributed by atoms with Crippen molar-refractivity contribution in [2.45, 2.75) is 46.0 Å². The van der Waals surface area contributed by atoms with Crippen molar-refractivity contribution in [1.82, 2.24) is 0 Å². The fraction of sp³-hybridized carbons (Fsp3) is 0.333. The second-order valence-corrected chi connectivity index (χ2v) is 6.66. The van der Waals surface area contributed by atoms with Crippen LogP contribution in [0.4, 0.5) is 0 Å². The first-order valence-electron chi connectivity index (χ1n) is 9.56. The summed E-state index contributed by atoms with van der Waals surface area (Å²) in [6.07, 6.45) is 6.48. The summed E-state index contributed by atoms with van der Waals surface area (Å²) in [5, 5.41) is 2.48. The molecular weight excluding hydrogens is 304 g/mol. The maximum Gasteiger partial charge on any atom is 0.119 e. The van der Waals surface area contributed by atoms with Crippen LogP contribution in [0.2, 0.25) is 0 Å². The molecule has 1 nitrogen and oxygen atoms in total. The number of benzene rings is 3. The minimum atomic E-state index is 0.703. The second kappa shape index (κ2) is 8.71. The third kappa shape index (κ3) is 4.63. The summed E-state index contributed by atoms with van der Waals surface area (Å²) >= 11 is 0. The summed E-state index contributed by atoms with van der Waals surface area (Å²) < 4.78 is 5.59. The molecule has 0 radical (unpaired) electrons. The number of fused-ring (bicyclic) bond motifs is 1. The van der Waals surface area contributed by atoms with Crippen LogP contribution in [0.25, 0.3) is 21.9 Å². The van der Waals surface area contributed by atoms with Gasteiger partial charge < -0.3 is 4.74 Å². The Labute approximate surface area is 151 Å². The maximum absolute atomic E-state index is 5.59. The van der Waals surface area contributed by atoms with E-state index in [0.717, 1.165) is 5.75 Å². The van der Waals surface area contributed by atoms with Crippen LogP contribution >= 0.6 is 0 Å². The van der Waals surface area contributed by atoms with Gasteiger partial charge in [-0.15, -0.1) is 0 Å². The Morgan fingerprint density at radius 2 is 1.40 bits per heavy atom. The molecular formula is C24H28O. The van der Waals surface area contributed by atoms with E-state index in [4.69, 9.17) is 4.74 Å². The zero-order chi connectivity index (χ0) is 17.5. The van der Waals surface area contributed by atoms with Crippen LogP contribution in [0.15, 0.2) is 60.7 Å². The zero-order valence-electron chi connectivity index (χ0n) is 15.4. The van der Waals surface area contributed by atoms with Gasteiger partial charge in [0.25, 0.3) is 0 Å². The van der Waals surface area contributed by atoms with Gasteiger partial charge in [-0.2, -0.15) is 0 Å². The molecule has 3 aromatic carbocycles. The van der Waals surface area contributed by atoms with Gasteiger partial charge in [-0.05, 0) is 65.4 Å². The van der Waals surface area contributed by atoms with Crippen molar-refractivity contribution >= 4 is 10.8 Å². The topological polar surface area (TPSA) is 9.23 Å². The molecule has 0 N–H and O–H groups in total. The predicted octanol–water partition coefficient (Wildman–Crippen LogP) is 7.03. The van der Waals surface area contributed by atoms with Gasteiger partial charge in [0.1, 0.15) is 5.75 Å². The molecule has 3 aromatic rings. The lowest BCUT2D eigenvalue weighted by atomic mass is 9.99. The molecule has 0 unspecified atom stereocenters. The first kappa shape index (κ1) is 17.5. The van der Waals surface area contributed by atoms with E-state index in [1.165, 1.54) is 59.6 Å². The van der Waals surface area contributed by atoms with Gasteiger partial charge in [-0.3, -0.25) is 0 Å². The van der Waals surface area contributed by atoms with E-state index in [0.29, 0.717) is 6.61 Å². The smallest absolute Gasteiger partial charge is 0.119 e. The molecule has 0 amide bonds. The summed E-state index contributed by atoms with van der Waals surface area (Å²) in [5.74, 6) is 0.940. The molecule has 0 spiro atoms. The Hall–Kier alpha value is -2.28. The molecule has 0 saturated carbocycles. The van der Waals surface area contributed by atoms with E-state index in [-0.39, 0.29) is 0 Å². The molecule has 0 atom stereocenters. The van der Waals surface area contributed by atoms with Gasteiger partial charge in [0.05, 0.1) is 6.61 Å². The summed E-state index contributed by atoms with van der Waals surface area (Å²) in [6.45, 7) is 4.98. The highest BCUT2D eigenvalue weighted by atomic mass is 16.5. The van der Waals surface area contributed by atoms with E-state index in [1.807, 2.05) is 6.92 Å². The number of rotatable bonds is 8. The SMILES string of the molecule is CCCCCCc1ccc(-c2ccc3cc(OCC)ccc3c2)cc1. The molecule has 0 aliphatic carbocycles. The van der Waals surface area contributed by atoms with E-state index in [9.17, 15) is 0 Å². The Morgan fingerprint density at radius 1 is 0.680 bits per heavy atom. The molecule has 25 heavy (non-hydrogen) atoms. The average molecular weight is 332 g/mol. The van der Waals surface area contributed by atoms with Crippen molar-refractivity contribution in [2.75, 3.05) is 6.61 Å². The lowest BCUT2D eigenvalue weighted by molar-refractivity contribution is 0.341. The minimum Gasteiger partial charge on any atom is -0.494 e. The average Bonchev–Trinajstić information content (AvgIpc) is 2.66. The van der Waals surface area contributed by atoms with E-state index < -0.39 is 0 Å². The highest BCUT2D eigenvalue weighted by molar-refractivity contribution is 5.88. The molecule has 3 rings (SSSR count). The van der Waals surface area contributed by atoms with Crippen LogP contribution in [-0.4, -0.2) is 6.61 Å². The van der Waals surface area contributed by atoms with Crippen LogP contribution in [-0.2, 0) is 6.42 Å². The highest BCUT2D eigenvalue weighted by Crippen LogP contribution is 2.27. The third-order valence-electron chi connectivity index (χ3n) is 4.73. The highest BCUT2D eigenvalue weighted by Gasteiger charge is 2.02. The van der Waals surface area contributed by atoms with Crippen molar-refractivity contribution < 1.29 is 4.74 Å². The molecule has 0 aliphatic heterocycles. The number of hydrogen-bond acceptors (Lipinski definition) is 1. The summed E-state index contributed by atoms with van der Waals surface area (Å²) in [5.41, 5.74) is 4.00. The molecule has 0 fully saturated rings. The van der Waals surface area contributed by atoms with Gasteiger partial charge in [0.2, 0.25) is 0 Å². The Bertz CT molecular complexity index is 802. The van der Waals surface area contributed by atoms with Gasteiger partial charge >= 0.3 is 0 Å². The second-order valence-electron chi connectivity index (χ2n) is 6.66. The van der Waals surface area contributed by atoms with Crippen LogP contribution in [0.1, 0.15) is 45.1 Å². The van der Waals surface area contributed by atoms with Gasteiger partial charge in [-0.25, -0.2) is 0 Å². The van der Waals surface area contributed by atoms with Crippen LogP contribution in [0.5, 0.6) is 5.75 Å². The molecule has 0 aromatic heterocycles. The zero-order valence-corrected chi connectivity index (χ0v) is 15.4. The van der Waals surface area contributed by atoms with Crippen LogP contribution in [0.3, 0.4) is 0 Å². The lowest BCUT2D eigenvalue weighted by Gasteiger charge is -2.08. The fourth-order valence-corrected chi connectivity index (χ4v) is 3.28. The molecule has 130 valence electrons. The monoisotopic (exact) mass is 332 g/mol. The number of hydrogen-bond donors (Lipinski definition) is 0. The van der Waals surface area contributed by atoms with Gasteiger partial charge in [-0.1, -0.05) is 68.7 Å². The Balaban J connectivity index is 1.73. The van der Waals surface area contributed by atoms with Crippen molar-refractivity contribution in [3.63, 3.8) is 0 Å². The largest absolute Gasteiger partial charge is 0.494 e. The van der Waals surface area contributed by atoms with E-state index >= 15 is 0 Å². The molecule has 1 heteroatoms. The first-order chi connectivity index (χ1) is 12.3. The normalized spacial score (nSPS) is 11.0. The van der Waals surface area contributed by atoms with Crippen molar-refractivity contribution in [3.05, 3.63) is 66.2 Å². The molecule has 0 heterocycles. The first-order valence-corrected chi connectivity index (χ1v) is 9.56. The van der Waals surface area contributed by atoms with Gasteiger partial charge in [0, 0.05) is 0 Å². The van der Waals surface area contributed by atoms with Crippen LogP contribution in [0, 0.1) is 0 Å². The quantitative estimate of drug-likeness (QED) is 0.402. The minimum absolute atomic E-state index is 0.703. The lowest BCUT2D eigenvalue weighted by Crippen LogP contribution is -1.90. The standard InChI is InChI=1S/C24H28O/c1-3-5-6-7-8-19-9-11-20(12-10-19)21-13-14-23-18-24(25-4-2)16-15-22(23)17-21/h9-18H,3-8H2,1-2H3. The van der Waals surface area contributed by atoms with Crippen molar-refractivity contribution in [1.29, 1.82) is 0 Å².